The van der Waals surface area contributed by atoms with Gasteiger partial charge in [-0.05, 0) is 18.9 Å². The Morgan fingerprint density at radius 2 is 2.38 bits per heavy atom. The predicted octanol–water partition coefficient (Wildman–Crippen LogP) is 1.39. The quantitative estimate of drug-likeness (QED) is 0.476. The Kier molecular flexibility index (Phi) is 3.43. The van der Waals surface area contributed by atoms with E-state index in [9.17, 15) is 9.59 Å². The fourth-order valence-electron chi connectivity index (χ4n) is 1.17. The van der Waals surface area contributed by atoms with Crippen molar-refractivity contribution >= 4 is 11.8 Å². The third-order valence-electron chi connectivity index (χ3n) is 1.89. The van der Waals surface area contributed by atoms with Crippen molar-refractivity contribution in [2.24, 2.45) is 0 Å². The SMILES string of the molecule is COC(=O)/C=C/C1=CCCCC1=O. The van der Waals surface area contributed by atoms with E-state index in [0.29, 0.717) is 12.0 Å². The molecule has 0 fully saturated rings. The second kappa shape index (κ2) is 4.60. The van der Waals surface area contributed by atoms with Crippen LogP contribution in [0.4, 0.5) is 0 Å². The molecule has 0 saturated carbocycles. The van der Waals surface area contributed by atoms with E-state index >= 15 is 0 Å². The zero-order chi connectivity index (χ0) is 9.68. The Bertz CT molecular complexity index is 274. The molecule has 0 unspecified atom stereocenters. The molecule has 0 bridgehead atoms. The Balaban J connectivity index is 2.62. The van der Waals surface area contributed by atoms with Crippen LogP contribution in [-0.2, 0) is 14.3 Å². The van der Waals surface area contributed by atoms with E-state index in [1.54, 1.807) is 0 Å². The van der Waals surface area contributed by atoms with Crippen LogP contribution in [-0.4, -0.2) is 18.9 Å². The van der Waals surface area contributed by atoms with Crippen LogP contribution in [0.2, 0.25) is 0 Å². The second-order valence-electron chi connectivity index (χ2n) is 2.83. The van der Waals surface area contributed by atoms with Crippen molar-refractivity contribution in [1.29, 1.82) is 0 Å². The molecule has 0 radical (unpaired) electrons. The van der Waals surface area contributed by atoms with Crippen LogP contribution in [0.25, 0.3) is 0 Å². The first kappa shape index (κ1) is 9.71. The molecule has 0 aromatic carbocycles. The van der Waals surface area contributed by atoms with E-state index in [1.165, 1.54) is 19.3 Å². The molecule has 0 aromatic heterocycles. The number of allylic oxidation sites excluding steroid dienone is 3. The minimum Gasteiger partial charge on any atom is -0.466 e. The van der Waals surface area contributed by atoms with Crippen molar-refractivity contribution in [3.05, 3.63) is 23.8 Å². The summed E-state index contributed by atoms with van der Waals surface area (Å²) in [6.07, 6.45) is 7.05. The summed E-state index contributed by atoms with van der Waals surface area (Å²) < 4.78 is 4.41. The number of ketones is 1. The lowest BCUT2D eigenvalue weighted by Crippen LogP contribution is -2.05. The molecule has 1 aliphatic carbocycles. The molecule has 0 aromatic rings. The summed E-state index contributed by atoms with van der Waals surface area (Å²) in [7, 11) is 1.31. The summed E-state index contributed by atoms with van der Waals surface area (Å²) in [5, 5.41) is 0. The summed E-state index contributed by atoms with van der Waals surface area (Å²) in [6.45, 7) is 0. The Morgan fingerprint density at radius 1 is 1.62 bits per heavy atom. The number of carbonyl (C=O) groups excluding carboxylic acids is 2. The lowest BCUT2D eigenvalue weighted by molar-refractivity contribution is -0.134. The van der Waals surface area contributed by atoms with Gasteiger partial charge in [-0.15, -0.1) is 0 Å². The highest BCUT2D eigenvalue weighted by Gasteiger charge is 2.10. The van der Waals surface area contributed by atoms with Gasteiger partial charge in [-0.2, -0.15) is 0 Å². The van der Waals surface area contributed by atoms with Crippen LogP contribution in [0.1, 0.15) is 19.3 Å². The molecule has 3 nitrogen and oxygen atoms in total. The Morgan fingerprint density at radius 3 is 3.00 bits per heavy atom. The number of esters is 1. The van der Waals surface area contributed by atoms with Crippen LogP contribution >= 0.6 is 0 Å². The fourth-order valence-corrected chi connectivity index (χ4v) is 1.17. The van der Waals surface area contributed by atoms with Gasteiger partial charge < -0.3 is 4.74 Å². The van der Waals surface area contributed by atoms with Gasteiger partial charge in [-0.25, -0.2) is 4.79 Å². The second-order valence-corrected chi connectivity index (χ2v) is 2.83. The van der Waals surface area contributed by atoms with Gasteiger partial charge in [0, 0.05) is 18.1 Å². The van der Waals surface area contributed by atoms with Gasteiger partial charge in [0.25, 0.3) is 0 Å². The van der Waals surface area contributed by atoms with Crippen molar-refractivity contribution in [2.75, 3.05) is 7.11 Å². The first-order chi connectivity index (χ1) is 6.24. The van der Waals surface area contributed by atoms with Gasteiger partial charge in [-0.3, -0.25) is 4.79 Å². The Labute approximate surface area is 77.1 Å². The van der Waals surface area contributed by atoms with Crippen molar-refractivity contribution in [3.8, 4) is 0 Å². The molecule has 0 N–H and O–H groups in total. The highest BCUT2D eigenvalue weighted by Crippen LogP contribution is 2.14. The summed E-state index contributed by atoms with van der Waals surface area (Å²) in [5.74, 6) is -0.328. The smallest absolute Gasteiger partial charge is 0.330 e. The molecule has 1 rings (SSSR count). The molecule has 1 aliphatic rings. The molecule has 0 amide bonds. The first-order valence-electron chi connectivity index (χ1n) is 4.23. The zero-order valence-corrected chi connectivity index (χ0v) is 7.58. The van der Waals surface area contributed by atoms with Crippen molar-refractivity contribution in [1.82, 2.24) is 0 Å². The molecule has 70 valence electrons. The average Bonchev–Trinajstić information content (AvgIpc) is 2.16. The van der Waals surface area contributed by atoms with Crippen LogP contribution < -0.4 is 0 Å². The third-order valence-corrected chi connectivity index (χ3v) is 1.89. The maximum absolute atomic E-state index is 11.2. The van der Waals surface area contributed by atoms with Gasteiger partial charge in [0.2, 0.25) is 0 Å². The molecule has 0 atom stereocenters. The molecule has 13 heavy (non-hydrogen) atoms. The first-order valence-corrected chi connectivity index (χ1v) is 4.23. The lowest BCUT2D eigenvalue weighted by Gasteiger charge is -2.06. The van der Waals surface area contributed by atoms with Crippen molar-refractivity contribution in [3.63, 3.8) is 0 Å². The highest BCUT2D eigenvalue weighted by atomic mass is 16.5. The van der Waals surface area contributed by atoms with Gasteiger partial charge in [0.05, 0.1) is 7.11 Å². The van der Waals surface area contributed by atoms with E-state index in [1.807, 2.05) is 6.08 Å². The van der Waals surface area contributed by atoms with Crippen LogP contribution in [0.3, 0.4) is 0 Å². The normalized spacial score (nSPS) is 17.3. The Hall–Kier alpha value is -1.38. The van der Waals surface area contributed by atoms with E-state index < -0.39 is 5.97 Å². The van der Waals surface area contributed by atoms with Gasteiger partial charge in [0.15, 0.2) is 5.78 Å². The van der Waals surface area contributed by atoms with Crippen molar-refractivity contribution in [2.45, 2.75) is 19.3 Å². The standard InChI is InChI=1S/C10H12O3/c1-13-10(12)7-6-8-4-2-3-5-9(8)11/h4,6-7H,2-3,5H2,1H3/b7-6+. The topological polar surface area (TPSA) is 43.4 Å². The predicted molar refractivity (Wildman–Crippen MR) is 48.1 cm³/mol. The summed E-state index contributed by atoms with van der Waals surface area (Å²) in [5.41, 5.74) is 0.622. The molecular formula is C10H12O3. The molecule has 0 aliphatic heterocycles. The number of ether oxygens (including phenoxy) is 1. The number of Topliss-reactive ketones (excluding diaryl/α,β-unsaturated/α-hetero) is 1. The summed E-state index contributed by atoms with van der Waals surface area (Å²) in [4.78, 5) is 21.9. The number of rotatable bonds is 2. The highest BCUT2D eigenvalue weighted by molar-refractivity contribution is 5.99. The maximum atomic E-state index is 11.2. The molecular weight excluding hydrogens is 168 g/mol. The number of carbonyl (C=O) groups is 2. The summed E-state index contributed by atoms with van der Waals surface area (Å²) >= 11 is 0. The monoisotopic (exact) mass is 180 g/mol. The van der Waals surface area contributed by atoms with Crippen LogP contribution in [0.15, 0.2) is 23.8 Å². The fraction of sp³-hybridized carbons (Fsp3) is 0.400. The molecule has 0 saturated heterocycles. The molecule has 0 heterocycles. The van der Waals surface area contributed by atoms with Gasteiger partial charge in [0.1, 0.15) is 0 Å². The van der Waals surface area contributed by atoms with Gasteiger partial charge in [-0.1, -0.05) is 6.08 Å². The molecule has 3 heteroatoms. The van der Waals surface area contributed by atoms with Gasteiger partial charge >= 0.3 is 5.97 Å². The maximum Gasteiger partial charge on any atom is 0.330 e. The molecule has 0 spiro atoms. The summed E-state index contributed by atoms with van der Waals surface area (Å²) in [6, 6.07) is 0. The van der Waals surface area contributed by atoms with E-state index in [2.05, 4.69) is 4.74 Å². The average molecular weight is 180 g/mol. The van der Waals surface area contributed by atoms with E-state index in [4.69, 9.17) is 0 Å². The zero-order valence-electron chi connectivity index (χ0n) is 7.58. The van der Waals surface area contributed by atoms with E-state index in [0.717, 1.165) is 12.8 Å². The van der Waals surface area contributed by atoms with Crippen molar-refractivity contribution < 1.29 is 14.3 Å². The minimum atomic E-state index is -0.431. The lowest BCUT2D eigenvalue weighted by atomic mass is 9.98. The van der Waals surface area contributed by atoms with E-state index in [-0.39, 0.29) is 5.78 Å². The minimum absolute atomic E-state index is 0.103. The number of hydrogen-bond donors (Lipinski definition) is 0. The van der Waals surface area contributed by atoms with Crippen LogP contribution in [0.5, 0.6) is 0 Å². The third kappa shape index (κ3) is 2.86. The largest absolute Gasteiger partial charge is 0.466 e. The number of hydrogen-bond acceptors (Lipinski definition) is 3. The van der Waals surface area contributed by atoms with Crippen LogP contribution in [0, 0.1) is 0 Å². The number of methoxy groups -OCH3 is 1.